The smallest absolute Gasteiger partial charge is 0.334 e. The minimum atomic E-state index is -4.47. The van der Waals surface area contributed by atoms with Gasteiger partial charge in [-0.15, -0.1) is 0 Å². The van der Waals surface area contributed by atoms with Crippen molar-refractivity contribution in [3.63, 3.8) is 0 Å². The monoisotopic (exact) mass is 424 g/mol. The van der Waals surface area contributed by atoms with Crippen molar-refractivity contribution >= 4 is 27.0 Å². The molecule has 0 radical (unpaired) electrons. The van der Waals surface area contributed by atoms with E-state index in [0.717, 1.165) is 12.1 Å². The molecule has 0 bridgehead atoms. The average Bonchev–Trinajstić information content (AvgIpc) is 3.19. The number of halogens is 4. The van der Waals surface area contributed by atoms with Crippen LogP contribution in [0.15, 0.2) is 50.2 Å². The van der Waals surface area contributed by atoms with Crippen LogP contribution in [0.5, 0.6) is 0 Å². The summed E-state index contributed by atoms with van der Waals surface area (Å²) in [5.41, 5.74) is 0.385. The molecule has 2 aromatic carbocycles. The summed E-state index contributed by atoms with van der Waals surface area (Å²) in [5.74, 6) is 0.0797. The van der Waals surface area contributed by atoms with Crippen LogP contribution in [0, 0.1) is 0 Å². The molecule has 0 spiro atoms. The molecular weight excluding hydrogens is 417 g/mol. The number of aromatic nitrogens is 4. The summed E-state index contributed by atoms with van der Waals surface area (Å²) in [7, 11) is 0. The Labute approximate surface area is 151 Å². The van der Waals surface area contributed by atoms with Crippen molar-refractivity contribution in [1.82, 2.24) is 20.1 Å². The first-order valence-electron chi connectivity index (χ1n) is 7.24. The van der Waals surface area contributed by atoms with E-state index in [-0.39, 0.29) is 17.3 Å². The molecule has 26 heavy (non-hydrogen) atoms. The molecular formula is C16H8BrF3N4O2. The number of benzene rings is 2. The largest absolute Gasteiger partial charge is 0.416 e. The second-order valence-electron chi connectivity index (χ2n) is 5.46. The molecule has 0 unspecified atom stereocenters. The van der Waals surface area contributed by atoms with Gasteiger partial charge in [-0.25, -0.2) is 4.79 Å². The van der Waals surface area contributed by atoms with E-state index in [1.165, 1.54) is 12.1 Å². The van der Waals surface area contributed by atoms with E-state index < -0.39 is 17.4 Å². The molecule has 0 aliphatic heterocycles. The number of fused-ring (bicyclic) bond motifs is 1. The van der Waals surface area contributed by atoms with Gasteiger partial charge in [-0.1, -0.05) is 33.2 Å². The van der Waals surface area contributed by atoms with Crippen LogP contribution >= 0.6 is 15.9 Å². The summed E-state index contributed by atoms with van der Waals surface area (Å²) in [6.45, 7) is 0. The van der Waals surface area contributed by atoms with Crippen molar-refractivity contribution < 1.29 is 17.7 Å². The zero-order valence-electron chi connectivity index (χ0n) is 12.7. The lowest BCUT2D eigenvalue weighted by Gasteiger charge is -2.06. The summed E-state index contributed by atoms with van der Waals surface area (Å²) in [4.78, 5) is 21.0. The highest BCUT2D eigenvalue weighted by molar-refractivity contribution is 9.10. The molecule has 10 heteroatoms. The van der Waals surface area contributed by atoms with E-state index in [2.05, 4.69) is 36.0 Å². The SMILES string of the molecule is O=c1[nH]c2cc(Br)cc(-c3nc(-c4cccc(C(F)(F)F)c4)no3)c2[nH]1. The van der Waals surface area contributed by atoms with Crippen molar-refractivity contribution in [2.45, 2.75) is 6.18 Å². The number of H-pyrrole nitrogens is 2. The van der Waals surface area contributed by atoms with Crippen LogP contribution < -0.4 is 5.69 Å². The average molecular weight is 425 g/mol. The molecule has 2 heterocycles. The van der Waals surface area contributed by atoms with Crippen LogP contribution in [-0.4, -0.2) is 20.1 Å². The fourth-order valence-electron chi connectivity index (χ4n) is 2.56. The van der Waals surface area contributed by atoms with Crippen LogP contribution in [0.2, 0.25) is 0 Å². The van der Waals surface area contributed by atoms with Crippen LogP contribution in [0.3, 0.4) is 0 Å². The van der Waals surface area contributed by atoms with Crippen molar-refractivity contribution in [1.29, 1.82) is 0 Å². The zero-order valence-corrected chi connectivity index (χ0v) is 14.3. The maximum absolute atomic E-state index is 12.9. The number of imidazole rings is 1. The summed E-state index contributed by atoms with van der Waals surface area (Å²) < 4.78 is 44.5. The summed E-state index contributed by atoms with van der Waals surface area (Å²) in [6.07, 6.45) is -4.47. The van der Waals surface area contributed by atoms with Gasteiger partial charge >= 0.3 is 11.9 Å². The zero-order chi connectivity index (χ0) is 18.5. The minimum Gasteiger partial charge on any atom is -0.334 e. The van der Waals surface area contributed by atoms with Crippen LogP contribution in [-0.2, 0) is 6.18 Å². The number of hydrogen-bond acceptors (Lipinski definition) is 4. The van der Waals surface area contributed by atoms with Crippen molar-refractivity contribution in [3.8, 4) is 22.8 Å². The predicted molar refractivity (Wildman–Crippen MR) is 90.3 cm³/mol. The lowest BCUT2D eigenvalue weighted by molar-refractivity contribution is -0.137. The fourth-order valence-corrected chi connectivity index (χ4v) is 3.02. The van der Waals surface area contributed by atoms with E-state index >= 15 is 0 Å². The van der Waals surface area contributed by atoms with Crippen LogP contribution in [0.4, 0.5) is 13.2 Å². The fraction of sp³-hybridized carbons (Fsp3) is 0.0625. The van der Waals surface area contributed by atoms with Crippen LogP contribution in [0.1, 0.15) is 5.56 Å². The van der Waals surface area contributed by atoms with Gasteiger partial charge in [0.15, 0.2) is 0 Å². The van der Waals surface area contributed by atoms with Crippen LogP contribution in [0.25, 0.3) is 33.9 Å². The summed E-state index contributed by atoms with van der Waals surface area (Å²) >= 11 is 3.32. The van der Waals surface area contributed by atoms with Gasteiger partial charge in [0.1, 0.15) is 0 Å². The van der Waals surface area contributed by atoms with Crippen molar-refractivity contribution in [2.24, 2.45) is 0 Å². The number of aromatic amines is 2. The molecule has 4 aromatic rings. The first kappa shape index (κ1) is 16.6. The third kappa shape index (κ3) is 2.92. The molecule has 2 N–H and O–H groups in total. The Morgan fingerprint density at radius 1 is 1.12 bits per heavy atom. The molecule has 0 fully saturated rings. The number of alkyl halides is 3. The Balaban J connectivity index is 1.82. The van der Waals surface area contributed by atoms with Crippen molar-refractivity contribution in [2.75, 3.05) is 0 Å². The quantitative estimate of drug-likeness (QED) is 0.500. The summed E-state index contributed by atoms with van der Waals surface area (Å²) in [5, 5.41) is 3.76. The van der Waals surface area contributed by atoms with Crippen molar-refractivity contribution in [3.05, 3.63) is 56.9 Å². The Kier molecular flexibility index (Phi) is 3.72. The van der Waals surface area contributed by atoms with E-state index in [0.29, 0.717) is 21.1 Å². The van der Waals surface area contributed by atoms with Gasteiger partial charge in [-0.05, 0) is 24.3 Å². The molecule has 0 saturated heterocycles. The van der Waals surface area contributed by atoms with Gasteiger partial charge in [0.25, 0.3) is 5.89 Å². The number of hydrogen-bond donors (Lipinski definition) is 2. The first-order chi connectivity index (χ1) is 12.3. The maximum atomic E-state index is 12.9. The summed E-state index contributed by atoms with van der Waals surface area (Å²) in [6, 6.07) is 8.00. The van der Waals surface area contributed by atoms with Gasteiger partial charge in [0.2, 0.25) is 5.82 Å². The Morgan fingerprint density at radius 3 is 2.69 bits per heavy atom. The second-order valence-corrected chi connectivity index (χ2v) is 6.37. The minimum absolute atomic E-state index is 0.0112. The topological polar surface area (TPSA) is 87.6 Å². The Bertz CT molecular complexity index is 1180. The molecule has 0 aliphatic rings. The third-order valence-electron chi connectivity index (χ3n) is 3.69. The molecule has 6 nitrogen and oxygen atoms in total. The van der Waals surface area contributed by atoms with Gasteiger partial charge in [0, 0.05) is 10.0 Å². The lowest BCUT2D eigenvalue weighted by Crippen LogP contribution is -2.04. The molecule has 0 amide bonds. The maximum Gasteiger partial charge on any atom is 0.416 e. The van der Waals surface area contributed by atoms with E-state index in [1.54, 1.807) is 12.1 Å². The van der Waals surface area contributed by atoms with E-state index in [4.69, 9.17) is 4.52 Å². The molecule has 0 atom stereocenters. The normalized spacial score (nSPS) is 12.0. The van der Waals surface area contributed by atoms with Gasteiger partial charge in [-0.3, -0.25) is 0 Å². The number of nitrogens with zero attached hydrogens (tertiary/aromatic N) is 2. The highest BCUT2D eigenvalue weighted by Crippen LogP contribution is 2.33. The van der Waals surface area contributed by atoms with Gasteiger partial charge < -0.3 is 14.5 Å². The molecule has 2 aromatic heterocycles. The highest BCUT2D eigenvalue weighted by atomic mass is 79.9. The number of rotatable bonds is 2. The predicted octanol–water partition coefficient (Wildman–Crippen LogP) is 4.35. The van der Waals surface area contributed by atoms with E-state index in [9.17, 15) is 18.0 Å². The van der Waals surface area contributed by atoms with Gasteiger partial charge in [-0.2, -0.15) is 18.2 Å². The van der Waals surface area contributed by atoms with E-state index in [1.807, 2.05) is 0 Å². The lowest BCUT2D eigenvalue weighted by atomic mass is 10.1. The second kappa shape index (κ2) is 5.84. The molecule has 0 saturated carbocycles. The molecule has 4 rings (SSSR count). The number of nitrogens with one attached hydrogen (secondary N) is 2. The Hall–Kier alpha value is -2.88. The first-order valence-corrected chi connectivity index (χ1v) is 8.04. The highest BCUT2D eigenvalue weighted by Gasteiger charge is 2.30. The Morgan fingerprint density at radius 2 is 1.92 bits per heavy atom. The molecule has 132 valence electrons. The third-order valence-corrected chi connectivity index (χ3v) is 4.15. The molecule has 0 aliphatic carbocycles. The standard InChI is InChI=1S/C16H8BrF3N4O2/c17-9-5-10(12-11(6-9)21-15(25)22-12)14-23-13(24-26-14)7-2-1-3-8(4-7)16(18,19)20/h1-6H,(H2,21,22,25). The van der Waals surface area contributed by atoms with Gasteiger partial charge in [0.05, 0.1) is 22.2 Å².